The number of hydrogen-bond acceptors (Lipinski definition) is 6. The molecule has 2 aromatic carbocycles. The van der Waals surface area contributed by atoms with Crippen LogP contribution in [0.5, 0.6) is 17.2 Å². The van der Waals surface area contributed by atoms with Crippen molar-refractivity contribution in [2.45, 2.75) is 20.5 Å². The Balaban J connectivity index is 2.05. The summed E-state index contributed by atoms with van der Waals surface area (Å²) >= 11 is 0. The van der Waals surface area contributed by atoms with Crippen molar-refractivity contribution in [2.24, 2.45) is 5.16 Å². The summed E-state index contributed by atoms with van der Waals surface area (Å²) in [7, 11) is 3.16. The van der Waals surface area contributed by atoms with E-state index in [0.717, 1.165) is 11.1 Å². The zero-order chi connectivity index (χ0) is 18.9. The highest BCUT2D eigenvalue weighted by Crippen LogP contribution is 2.27. The van der Waals surface area contributed by atoms with Crippen LogP contribution in [0.4, 0.5) is 0 Å². The minimum atomic E-state index is -0.0149. The largest absolute Gasteiger partial charge is 0.496 e. The quantitative estimate of drug-likeness (QED) is 0.387. The Morgan fingerprint density at radius 3 is 2.42 bits per heavy atom. The third-order valence-corrected chi connectivity index (χ3v) is 3.67. The molecule has 0 N–H and O–H groups in total. The molecule has 0 radical (unpaired) electrons. The van der Waals surface area contributed by atoms with Gasteiger partial charge in [0.2, 0.25) is 0 Å². The number of ketones is 1. The molecule has 2 aromatic rings. The standard InChI is InChI=1S/C20H23NO5/c1-5-25-19-8-6-15(10-20(19)24-4)12-21-26-13-17-11-16(14(2)22)7-9-18(17)23-3/h6-12H,5,13H2,1-4H3/b21-12-. The Labute approximate surface area is 153 Å². The Morgan fingerprint density at radius 1 is 1.04 bits per heavy atom. The van der Waals surface area contributed by atoms with Gasteiger partial charge in [0.1, 0.15) is 12.4 Å². The Kier molecular flexibility index (Phi) is 7.02. The van der Waals surface area contributed by atoms with Crippen molar-refractivity contribution in [3.8, 4) is 17.2 Å². The molecule has 0 aliphatic heterocycles. The molecular weight excluding hydrogens is 334 g/mol. The number of hydrogen-bond donors (Lipinski definition) is 0. The average Bonchev–Trinajstić information content (AvgIpc) is 2.66. The Hall–Kier alpha value is -3.02. The maximum Gasteiger partial charge on any atom is 0.161 e. The summed E-state index contributed by atoms with van der Waals surface area (Å²) in [5.41, 5.74) is 2.17. The van der Waals surface area contributed by atoms with Crippen LogP contribution in [0.25, 0.3) is 0 Å². The second-order valence-electron chi connectivity index (χ2n) is 5.43. The predicted molar refractivity (Wildman–Crippen MR) is 99.5 cm³/mol. The molecule has 0 aliphatic rings. The van der Waals surface area contributed by atoms with E-state index < -0.39 is 0 Å². The lowest BCUT2D eigenvalue weighted by Crippen LogP contribution is -1.99. The van der Waals surface area contributed by atoms with Gasteiger partial charge in [-0.25, -0.2) is 0 Å². The average molecular weight is 357 g/mol. The fourth-order valence-corrected chi connectivity index (χ4v) is 2.35. The first kappa shape index (κ1) is 19.3. The molecule has 0 fully saturated rings. The molecule has 0 heterocycles. The van der Waals surface area contributed by atoms with E-state index in [2.05, 4.69) is 5.16 Å². The number of ether oxygens (including phenoxy) is 3. The van der Waals surface area contributed by atoms with Crippen LogP contribution in [0.2, 0.25) is 0 Å². The lowest BCUT2D eigenvalue weighted by atomic mass is 10.1. The van der Waals surface area contributed by atoms with Crippen LogP contribution >= 0.6 is 0 Å². The van der Waals surface area contributed by atoms with Gasteiger partial charge in [-0.15, -0.1) is 0 Å². The molecule has 0 aromatic heterocycles. The van der Waals surface area contributed by atoms with Crippen molar-refractivity contribution in [1.29, 1.82) is 0 Å². The van der Waals surface area contributed by atoms with Crippen molar-refractivity contribution >= 4 is 12.0 Å². The molecule has 26 heavy (non-hydrogen) atoms. The van der Waals surface area contributed by atoms with E-state index in [1.165, 1.54) is 6.92 Å². The van der Waals surface area contributed by atoms with Gasteiger partial charge < -0.3 is 19.0 Å². The molecule has 0 amide bonds. The summed E-state index contributed by atoms with van der Waals surface area (Å²) in [4.78, 5) is 16.9. The molecule has 0 bridgehead atoms. The van der Waals surface area contributed by atoms with Crippen LogP contribution in [0.1, 0.15) is 35.3 Å². The third kappa shape index (κ3) is 4.99. The summed E-state index contributed by atoms with van der Waals surface area (Å²) < 4.78 is 16.1. The lowest BCUT2D eigenvalue weighted by Gasteiger charge is -2.10. The highest BCUT2D eigenvalue weighted by atomic mass is 16.6. The number of carbonyl (C=O) groups is 1. The summed E-state index contributed by atoms with van der Waals surface area (Å²) in [6, 6.07) is 10.7. The highest BCUT2D eigenvalue weighted by Gasteiger charge is 2.08. The molecule has 138 valence electrons. The van der Waals surface area contributed by atoms with Gasteiger partial charge in [-0.2, -0.15) is 0 Å². The summed E-state index contributed by atoms with van der Waals surface area (Å²) in [6.45, 7) is 4.19. The van der Waals surface area contributed by atoms with Crippen LogP contribution < -0.4 is 14.2 Å². The molecule has 0 unspecified atom stereocenters. The normalized spacial score (nSPS) is 10.6. The molecular formula is C20H23NO5. The molecule has 2 rings (SSSR count). The van der Waals surface area contributed by atoms with E-state index in [4.69, 9.17) is 19.0 Å². The first-order valence-corrected chi connectivity index (χ1v) is 8.23. The van der Waals surface area contributed by atoms with E-state index in [0.29, 0.717) is 29.4 Å². The van der Waals surface area contributed by atoms with Gasteiger partial charge in [0, 0.05) is 16.7 Å². The number of methoxy groups -OCH3 is 2. The smallest absolute Gasteiger partial charge is 0.161 e. The number of benzene rings is 2. The topological polar surface area (TPSA) is 66.4 Å². The molecule has 6 nitrogen and oxygen atoms in total. The van der Waals surface area contributed by atoms with Crippen molar-refractivity contribution in [2.75, 3.05) is 20.8 Å². The van der Waals surface area contributed by atoms with Crippen molar-refractivity contribution in [1.82, 2.24) is 0 Å². The van der Waals surface area contributed by atoms with Crippen LogP contribution in [0.3, 0.4) is 0 Å². The van der Waals surface area contributed by atoms with Crippen LogP contribution in [-0.4, -0.2) is 32.8 Å². The second-order valence-corrected chi connectivity index (χ2v) is 5.43. The van der Waals surface area contributed by atoms with E-state index in [1.54, 1.807) is 38.6 Å². The Morgan fingerprint density at radius 2 is 1.77 bits per heavy atom. The minimum Gasteiger partial charge on any atom is -0.496 e. The number of carbonyl (C=O) groups excluding carboxylic acids is 1. The second kappa shape index (κ2) is 9.46. The summed E-state index contributed by atoms with van der Waals surface area (Å²) in [6.07, 6.45) is 1.58. The van der Waals surface area contributed by atoms with Crippen molar-refractivity contribution < 1.29 is 23.8 Å². The van der Waals surface area contributed by atoms with E-state index in [9.17, 15) is 4.79 Å². The molecule has 6 heteroatoms. The van der Waals surface area contributed by atoms with Crippen LogP contribution in [0.15, 0.2) is 41.6 Å². The van der Waals surface area contributed by atoms with E-state index in [1.807, 2.05) is 25.1 Å². The van der Waals surface area contributed by atoms with Gasteiger partial charge in [-0.1, -0.05) is 5.16 Å². The lowest BCUT2D eigenvalue weighted by molar-refractivity contribution is 0.101. The molecule has 0 spiro atoms. The monoisotopic (exact) mass is 357 g/mol. The van der Waals surface area contributed by atoms with Crippen molar-refractivity contribution in [3.05, 3.63) is 53.1 Å². The first-order valence-electron chi connectivity index (χ1n) is 8.23. The van der Waals surface area contributed by atoms with Gasteiger partial charge in [0.15, 0.2) is 17.3 Å². The zero-order valence-electron chi connectivity index (χ0n) is 15.4. The maximum atomic E-state index is 11.5. The molecule has 0 atom stereocenters. The molecule has 0 saturated heterocycles. The van der Waals surface area contributed by atoms with E-state index >= 15 is 0 Å². The Bertz CT molecular complexity index is 786. The maximum absolute atomic E-state index is 11.5. The molecule has 0 saturated carbocycles. The number of nitrogens with zero attached hydrogens (tertiary/aromatic N) is 1. The van der Waals surface area contributed by atoms with Crippen LogP contribution in [0, 0.1) is 0 Å². The number of Topliss-reactive ketones (excluding diaryl/α,β-unsaturated/α-hetero) is 1. The predicted octanol–water partition coefficient (Wildman–Crippen LogP) is 3.86. The van der Waals surface area contributed by atoms with Gasteiger partial charge >= 0.3 is 0 Å². The summed E-state index contributed by atoms with van der Waals surface area (Å²) in [5.74, 6) is 1.94. The highest BCUT2D eigenvalue weighted by molar-refractivity contribution is 5.94. The first-order chi connectivity index (χ1) is 12.6. The zero-order valence-corrected chi connectivity index (χ0v) is 15.4. The van der Waals surface area contributed by atoms with Crippen molar-refractivity contribution in [3.63, 3.8) is 0 Å². The van der Waals surface area contributed by atoms with Gasteiger partial charge in [0.25, 0.3) is 0 Å². The minimum absolute atomic E-state index is 0.0149. The van der Waals surface area contributed by atoms with Gasteiger partial charge in [0.05, 0.1) is 27.0 Å². The number of rotatable bonds is 9. The van der Waals surface area contributed by atoms with E-state index in [-0.39, 0.29) is 12.4 Å². The van der Waals surface area contributed by atoms with Gasteiger partial charge in [-0.3, -0.25) is 4.79 Å². The van der Waals surface area contributed by atoms with Crippen LogP contribution in [-0.2, 0) is 11.4 Å². The van der Waals surface area contributed by atoms with Gasteiger partial charge in [-0.05, 0) is 50.2 Å². The molecule has 0 aliphatic carbocycles. The summed E-state index contributed by atoms with van der Waals surface area (Å²) in [5, 5.41) is 3.98. The fraction of sp³-hybridized carbons (Fsp3) is 0.300. The SMILES string of the molecule is CCOc1ccc(/C=N\OCc2cc(C(C)=O)ccc2OC)cc1OC. The third-order valence-electron chi connectivity index (χ3n) is 3.67. The number of oxime groups is 1. The fourth-order valence-electron chi connectivity index (χ4n) is 2.35.